The summed E-state index contributed by atoms with van der Waals surface area (Å²) in [6, 6.07) is 14.1. The summed E-state index contributed by atoms with van der Waals surface area (Å²) in [4.78, 5) is 26.1. The quantitative estimate of drug-likeness (QED) is 0.807. The predicted octanol–water partition coefficient (Wildman–Crippen LogP) is 2.00. The predicted molar refractivity (Wildman–Crippen MR) is 100 cm³/mol. The van der Waals surface area contributed by atoms with Gasteiger partial charge in [-0.15, -0.1) is 0 Å². The molecule has 2 aromatic carbocycles. The summed E-state index contributed by atoms with van der Waals surface area (Å²) in [7, 11) is 3.15. The van der Waals surface area contributed by atoms with Crippen molar-refractivity contribution in [1.29, 1.82) is 0 Å². The molecule has 3 rings (SSSR count). The number of rotatable bonds is 7. The van der Waals surface area contributed by atoms with Gasteiger partial charge in [-0.05, 0) is 24.3 Å². The minimum Gasteiger partial charge on any atom is -0.497 e. The third kappa shape index (κ3) is 4.69. The Hall–Kier alpha value is -3.22. The zero-order valence-corrected chi connectivity index (χ0v) is 15.3. The average Bonchev–Trinajstić information content (AvgIpc) is 3.06. The van der Waals surface area contributed by atoms with Crippen LogP contribution in [0.25, 0.3) is 0 Å². The molecule has 0 spiro atoms. The van der Waals surface area contributed by atoms with Gasteiger partial charge in [-0.1, -0.05) is 12.1 Å². The van der Waals surface area contributed by atoms with Crippen LogP contribution >= 0.6 is 0 Å². The van der Waals surface area contributed by atoms with Gasteiger partial charge in [0.05, 0.1) is 20.3 Å². The van der Waals surface area contributed by atoms with Crippen LogP contribution in [0.1, 0.15) is 6.42 Å². The smallest absolute Gasteiger partial charge is 0.258 e. The number of hydrogen-bond acceptors (Lipinski definition) is 5. The molecule has 1 fully saturated rings. The molecule has 0 aliphatic carbocycles. The second-order valence-electron chi connectivity index (χ2n) is 6.14. The molecule has 0 saturated carbocycles. The van der Waals surface area contributed by atoms with Gasteiger partial charge in [0.2, 0.25) is 5.91 Å². The number of amides is 2. The van der Waals surface area contributed by atoms with E-state index in [2.05, 4.69) is 5.32 Å². The summed E-state index contributed by atoms with van der Waals surface area (Å²) in [5.41, 5.74) is 0.753. The molecule has 7 heteroatoms. The van der Waals surface area contributed by atoms with Gasteiger partial charge in [-0.3, -0.25) is 9.59 Å². The maximum Gasteiger partial charge on any atom is 0.258 e. The van der Waals surface area contributed by atoms with E-state index in [0.29, 0.717) is 23.8 Å². The van der Waals surface area contributed by atoms with E-state index in [-0.39, 0.29) is 30.9 Å². The lowest BCUT2D eigenvalue weighted by atomic mass is 10.2. The Kier molecular flexibility index (Phi) is 5.80. The highest BCUT2D eigenvalue weighted by Gasteiger charge is 2.31. The Bertz CT molecular complexity index is 824. The number of nitrogens with one attached hydrogen (secondary N) is 1. The summed E-state index contributed by atoms with van der Waals surface area (Å²) in [6.45, 7) is 0.286. The summed E-state index contributed by atoms with van der Waals surface area (Å²) in [6.07, 6.45) is 0.252. The summed E-state index contributed by atoms with van der Waals surface area (Å²) in [5.74, 6) is 1.57. The normalized spacial score (nSPS) is 16.1. The summed E-state index contributed by atoms with van der Waals surface area (Å²) in [5, 5.41) is 2.85. The lowest BCUT2D eigenvalue weighted by Crippen LogP contribution is -2.39. The third-order valence-electron chi connectivity index (χ3n) is 4.27. The van der Waals surface area contributed by atoms with Crippen molar-refractivity contribution in [2.75, 3.05) is 32.3 Å². The van der Waals surface area contributed by atoms with Gasteiger partial charge in [0.1, 0.15) is 17.2 Å². The van der Waals surface area contributed by atoms with E-state index in [1.165, 1.54) is 0 Å². The van der Waals surface area contributed by atoms with E-state index in [9.17, 15) is 9.59 Å². The van der Waals surface area contributed by atoms with E-state index in [1.807, 2.05) is 18.2 Å². The number of carbonyl (C=O) groups excluding carboxylic acids is 2. The SMILES string of the molecule is COc1cccc(OCC(=O)N[C@H]2CC(=O)N(c3cccc(OC)c3)C2)c1. The maximum atomic E-state index is 12.3. The van der Waals surface area contributed by atoms with Crippen LogP contribution in [0.4, 0.5) is 5.69 Å². The molecule has 7 nitrogen and oxygen atoms in total. The van der Waals surface area contributed by atoms with Gasteiger partial charge in [-0.25, -0.2) is 0 Å². The molecule has 0 aromatic heterocycles. The highest BCUT2D eigenvalue weighted by molar-refractivity contribution is 5.97. The molecular weight excluding hydrogens is 348 g/mol. The molecule has 1 N–H and O–H groups in total. The monoisotopic (exact) mass is 370 g/mol. The fourth-order valence-electron chi connectivity index (χ4n) is 2.94. The van der Waals surface area contributed by atoms with E-state index in [1.54, 1.807) is 49.5 Å². The summed E-state index contributed by atoms with van der Waals surface area (Å²) < 4.78 is 15.8. The van der Waals surface area contributed by atoms with Crippen LogP contribution in [-0.4, -0.2) is 45.2 Å². The molecule has 2 aromatic rings. The number of carbonyl (C=O) groups is 2. The highest BCUT2D eigenvalue weighted by Crippen LogP contribution is 2.25. The molecule has 0 radical (unpaired) electrons. The van der Waals surface area contributed by atoms with Crippen molar-refractivity contribution in [1.82, 2.24) is 5.32 Å². The Morgan fingerprint density at radius 2 is 1.74 bits per heavy atom. The van der Waals surface area contributed by atoms with Crippen molar-refractivity contribution in [2.45, 2.75) is 12.5 Å². The summed E-state index contributed by atoms with van der Waals surface area (Å²) >= 11 is 0. The van der Waals surface area contributed by atoms with Crippen LogP contribution in [0, 0.1) is 0 Å². The number of benzene rings is 2. The molecule has 142 valence electrons. The second kappa shape index (κ2) is 8.44. The van der Waals surface area contributed by atoms with Crippen molar-refractivity contribution in [3.05, 3.63) is 48.5 Å². The van der Waals surface area contributed by atoms with Gasteiger partial charge >= 0.3 is 0 Å². The van der Waals surface area contributed by atoms with Crippen LogP contribution in [0.2, 0.25) is 0 Å². The van der Waals surface area contributed by atoms with Crippen molar-refractivity contribution >= 4 is 17.5 Å². The molecule has 1 heterocycles. The van der Waals surface area contributed by atoms with E-state index in [4.69, 9.17) is 14.2 Å². The molecule has 1 aliphatic rings. The molecular formula is C20H22N2O5. The van der Waals surface area contributed by atoms with Crippen molar-refractivity contribution < 1.29 is 23.8 Å². The lowest BCUT2D eigenvalue weighted by molar-refractivity contribution is -0.123. The number of nitrogens with zero attached hydrogens (tertiary/aromatic N) is 1. The largest absolute Gasteiger partial charge is 0.497 e. The van der Waals surface area contributed by atoms with E-state index >= 15 is 0 Å². The van der Waals surface area contributed by atoms with Crippen molar-refractivity contribution in [3.8, 4) is 17.2 Å². The molecule has 1 atom stereocenters. The Labute approximate surface area is 157 Å². The Balaban J connectivity index is 1.53. The number of methoxy groups -OCH3 is 2. The van der Waals surface area contributed by atoms with Gasteiger partial charge in [0, 0.05) is 30.8 Å². The van der Waals surface area contributed by atoms with Crippen LogP contribution in [0.5, 0.6) is 17.2 Å². The van der Waals surface area contributed by atoms with Crippen LogP contribution < -0.4 is 24.4 Å². The molecule has 0 bridgehead atoms. The maximum absolute atomic E-state index is 12.3. The highest BCUT2D eigenvalue weighted by atomic mass is 16.5. The fraction of sp³-hybridized carbons (Fsp3) is 0.300. The van der Waals surface area contributed by atoms with Gasteiger partial charge in [-0.2, -0.15) is 0 Å². The molecule has 2 amide bonds. The first-order chi connectivity index (χ1) is 13.1. The number of ether oxygens (including phenoxy) is 3. The van der Waals surface area contributed by atoms with Crippen LogP contribution in [-0.2, 0) is 9.59 Å². The fourth-order valence-corrected chi connectivity index (χ4v) is 2.94. The van der Waals surface area contributed by atoms with Crippen molar-refractivity contribution in [3.63, 3.8) is 0 Å². The average molecular weight is 370 g/mol. The topological polar surface area (TPSA) is 77.1 Å². The minimum absolute atomic E-state index is 0.0396. The second-order valence-corrected chi connectivity index (χ2v) is 6.14. The van der Waals surface area contributed by atoms with Gasteiger partial charge in [0.15, 0.2) is 6.61 Å². The Morgan fingerprint density at radius 1 is 1.07 bits per heavy atom. The van der Waals surface area contributed by atoms with Crippen LogP contribution in [0.3, 0.4) is 0 Å². The number of anilines is 1. The van der Waals surface area contributed by atoms with Crippen LogP contribution in [0.15, 0.2) is 48.5 Å². The lowest BCUT2D eigenvalue weighted by Gasteiger charge is -2.18. The number of hydrogen-bond donors (Lipinski definition) is 1. The van der Waals surface area contributed by atoms with E-state index in [0.717, 1.165) is 5.69 Å². The van der Waals surface area contributed by atoms with Gasteiger partial charge in [0.25, 0.3) is 5.91 Å². The zero-order chi connectivity index (χ0) is 19.2. The van der Waals surface area contributed by atoms with E-state index < -0.39 is 0 Å². The zero-order valence-electron chi connectivity index (χ0n) is 15.3. The first-order valence-corrected chi connectivity index (χ1v) is 8.59. The standard InChI is InChI=1S/C20H22N2O5/c1-25-16-6-3-5-15(10-16)22-12-14(9-20(22)24)21-19(23)13-27-18-8-4-7-17(11-18)26-2/h3-8,10-11,14H,9,12-13H2,1-2H3,(H,21,23)/t14-/m0/s1. The minimum atomic E-state index is -0.275. The first-order valence-electron chi connectivity index (χ1n) is 8.59. The molecule has 1 saturated heterocycles. The molecule has 0 unspecified atom stereocenters. The molecule has 1 aliphatic heterocycles. The molecule has 27 heavy (non-hydrogen) atoms. The first kappa shape index (κ1) is 18.6. The third-order valence-corrected chi connectivity index (χ3v) is 4.27. The Morgan fingerprint density at radius 3 is 2.48 bits per heavy atom. The van der Waals surface area contributed by atoms with Gasteiger partial charge < -0.3 is 24.4 Å². The van der Waals surface area contributed by atoms with Crippen molar-refractivity contribution in [2.24, 2.45) is 0 Å².